The first-order valence-electron chi connectivity index (χ1n) is 29.4. The number of nitrogens with zero attached hydrogens (tertiary/aromatic N) is 2. The summed E-state index contributed by atoms with van der Waals surface area (Å²) in [6, 6.07) is -0.724. The van der Waals surface area contributed by atoms with Crippen molar-refractivity contribution in [2.45, 2.75) is 179 Å². The molecule has 79 heavy (non-hydrogen) atoms. The number of imidazole rings is 2. The first-order chi connectivity index (χ1) is 37.6. The van der Waals surface area contributed by atoms with E-state index in [1.807, 2.05) is 6.92 Å². The molecule has 1 amide bonds. The van der Waals surface area contributed by atoms with Crippen molar-refractivity contribution in [2.24, 2.45) is 84.6 Å². The maximum absolute atomic E-state index is 15.1. The molecular weight excluding hydrogens is 1020 g/mol. The van der Waals surface area contributed by atoms with Gasteiger partial charge >= 0.3 is 5.97 Å². The van der Waals surface area contributed by atoms with Gasteiger partial charge in [-0.1, -0.05) is 45.8 Å². The number of anilines is 1. The van der Waals surface area contributed by atoms with Gasteiger partial charge in [0.2, 0.25) is 5.91 Å². The number of fused-ring (bicyclic) bond motifs is 6. The number of rotatable bonds is 16. The topological polar surface area (TPSA) is 362 Å². The van der Waals surface area contributed by atoms with Gasteiger partial charge in [-0.05, 0) is 147 Å². The van der Waals surface area contributed by atoms with Crippen LogP contribution in [0.2, 0.25) is 0 Å². The first kappa shape index (κ1) is 57.2. The Bertz CT molecular complexity index is 2610. The van der Waals surface area contributed by atoms with E-state index < -0.39 is 147 Å². The summed E-state index contributed by atoms with van der Waals surface area (Å²) in [5.41, 5.74) is 1.52. The molecule has 2 aromatic heterocycles. The predicted molar refractivity (Wildman–Crippen MR) is 285 cm³/mol. The van der Waals surface area contributed by atoms with E-state index in [-0.39, 0.29) is 57.3 Å². The highest BCUT2D eigenvalue weighted by Crippen LogP contribution is 2.86. The SMILES string of the molecule is CC1(CO)CCC2(C(=O)O)C(C1)C1=CCC34CCCC1(C1Cc5[nH]cnc5NCC12)C3(C)CCC1C(C)(CO)C(OC2OCC(O)C(O)C2O)C(O)C(CC2C(C(CCC(N)O)c3cnc[nH]3)NC(=O)C2(CO)CCCO)C14C. The molecular formula is C58H89N7O14. The lowest BCUT2D eigenvalue weighted by Crippen LogP contribution is -2.79. The zero-order valence-electron chi connectivity index (χ0n) is 46.4. The summed E-state index contributed by atoms with van der Waals surface area (Å²) in [7, 11) is 0. The Morgan fingerprint density at radius 2 is 1.71 bits per heavy atom. The number of carbonyl (C=O) groups excluding carboxylic acids is 1. The van der Waals surface area contributed by atoms with Crippen molar-refractivity contribution >= 4 is 17.7 Å². The van der Waals surface area contributed by atoms with Crippen molar-refractivity contribution in [1.82, 2.24) is 25.3 Å². The average molecular weight is 1110 g/mol. The van der Waals surface area contributed by atoms with Crippen LogP contribution in [0, 0.1) is 78.8 Å². The van der Waals surface area contributed by atoms with Gasteiger partial charge in [-0.3, -0.25) is 9.59 Å². The van der Waals surface area contributed by atoms with E-state index in [0.29, 0.717) is 70.0 Å². The molecule has 1 spiro atoms. The molecule has 5 saturated carbocycles. The van der Waals surface area contributed by atoms with Crippen LogP contribution < -0.4 is 16.4 Å². The van der Waals surface area contributed by atoms with Crippen LogP contribution >= 0.6 is 0 Å². The van der Waals surface area contributed by atoms with Crippen LogP contribution in [0.1, 0.15) is 135 Å². The molecule has 23 unspecified atom stereocenters. The van der Waals surface area contributed by atoms with E-state index in [2.05, 4.69) is 52.4 Å². The highest BCUT2D eigenvalue weighted by atomic mass is 16.7. The van der Waals surface area contributed by atoms with Crippen molar-refractivity contribution in [2.75, 3.05) is 44.9 Å². The van der Waals surface area contributed by atoms with E-state index in [1.54, 1.807) is 18.9 Å². The van der Waals surface area contributed by atoms with Crippen LogP contribution in [-0.2, 0) is 25.5 Å². The number of aliphatic hydroxyl groups is 9. The largest absolute Gasteiger partial charge is 0.481 e. The van der Waals surface area contributed by atoms with Crippen molar-refractivity contribution < 1.29 is 70.1 Å². The number of allylic oxidation sites excluding steroid dienone is 2. The molecule has 3 aliphatic heterocycles. The zero-order chi connectivity index (χ0) is 56.5. The molecule has 6 aliphatic carbocycles. The van der Waals surface area contributed by atoms with Gasteiger partial charge in [-0.25, -0.2) is 9.97 Å². The van der Waals surface area contributed by atoms with Crippen LogP contribution in [0.25, 0.3) is 0 Å². The number of amides is 1. The molecule has 5 heterocycles. The molecule has 23 atom stereocenters. The fraction of sp³-hybridized carbons (Fsp3) is 0.828. The monoisotopic (exact) mass is 1110 g/mol. The molecule has 2 aromatic rings. The second kappa shape index (κ2) is 20.3. The Morgan fingerprint density at radius 1 is 0.924 bits per heavy atom. The minimum atomic E-state index is -1.72. The van der Waals surface area contributed by atoms with Crippen LogP contribution in [0.3, 0.4) is 0 Å². The van der Waals surface area contributed by atoms with Crippen molar-refractivity contribution in [3.63, 3.8) is 0 Å². The Morgan fingerprint density at radius 3 is 2.39 bits per heavy atom. The molecule has 7 fully saturated rings. The number of H-pyrrole nitrogens is 2. The van der Waals surface area contributed by atoms with Crippen molar-refractivity contribution in [3.8, 4) is 0 Å². The standard InChI is InChI=1S/C58H89N7O14/c1-51(25-67)16-17-57(50(76)77)35(21-51)31-9-15-56-12-5-13-58(31,32-20-37-47(64-29-63-37)61-22-36(32)57)53(56,3)14-10-40-52(2,26-68)46(79-48-45(74)44(73)39(70)24-78-48)43(72)34(54(40,56)4)19-33-42(65-49(75)55(33,27-69)11-6-18-66)30(7-8-41(59)71)38-23-60-28-62-38/h9,23,28-30,32-36,39-46,48,61,66-74H,5-8,10-22,24-27,59H2,1-4H3,(H,60,62)(H,63,64)(H,65,75)(H,76,77). The molecule has 21 heteroatoms. The quantitative estimate of drug-likeness (QED) is 0.0650. The Kier molecular flexibility index (Phi) is 14.7. The first-order valence-corrected chi connectivity index (χ1v) is 29.4. The van der Waals surface area contributed by atoms with E-state index in [9.17, 15) is 55.9 Å². The number of ether oxygens (including phenoxy) is 2. The third-order valence-corrected chi connectivity index (χ3v) is 24.7. The average Bonchev–Trinajstić information content (AvgIpc) is 1.13. The highest BCUT2D eigenvalue weighted by molar-refractivity contribution is 5.86. The highest BCUT2D eigenvalue weighted by Gasteiger charge is 2.82. The Labute approximate surface area is 462 Å². The minimum Gasteiger partial charge on any atom is -0.481 e. The third kappa shape index (κ3) is 7.82. The van der Waals surface area contributed by atoms with Crippen molar-refractivity contribution in [3.05, 3.63) is 41.9 Å². The Balaban J connectivity index is 1.14. The molecule has 11 rings (SSSR count). The smallest absolute Gasteiger partial charge is 0.310 e. The van der Waals surface area contributed by atoms with Gasteiger partial charge in [0, 0.05) is 54.4 Å². The number of nitrogens with one attached hydrogen (secondary N) is 4. The zero-order valence-corrected chi connectivity index (χ0v) is 46.4. The van der Waals surface area contributed by atoms with E-state index in [4.69, 9.17) is 20.2 Å². The van der Waals surface area contributed by atoms with E-state index >= 15 is 4.79 Å². The lowest BCUT2D eigenvalue weighted by atomic mass is 9.22. The van der Waals surface area contributed by atoms with Gasteiger partial charge in [0.05, 0.1) is 61.2 Å². The summed E-state index contributed by atoms with van der Waals surface area (Å²) in [6.45, 7) is 7.37. The molecule has 2 saturated heterocycles. The summed E-state index contributed by atoms with van der Waals surface area (Å²) >= 11 is 0. The fourth-order valence-electron chi connectivity index (χ4n) is 20.9. The number of aliphatic hydroxyl groups excluding tert-OH is 9. The summed E-state index contributed by atoms with van der Waals surface area (Å²) in [5, 5.41) is 122. The second-order valence-electron chi connectivity index (χ2n) is 27.4. The van der Waals surface area contributed by atoms with Crippen LogP contribution in [0.4, 0.5) is 5.82 Å². The number of aliphatic carboxylic acids is 1. The third-order valence-electron chi connectivity index (χ3n) is 24.7. The van der Waals surface area contributed by atoms with Gasteiger partial charge in [-0.15, -0.1) is 0 Å². The second-order valence-corrected chi connectivity index (χ2v) is 27.4. The number of carbonyl (C=O) groups is 2. The number of aromatic amines is 2. The number of nitrogens with two attached hydrogens (primary N) is 1. The normalized spacial score (nSPS) is 47.8. The minimum absolute atomic E-state index is 0.0759. The van der Waals surface area contributed by atoms with Gasteiger partial charge < -0.3 is 86.9 Å². The summed E-state index contributed by atoms with van der Waals surface area (Å²) < 4.78 is 12.8. The molecule has 9 aliphatic rings. The summed E-state index contributed by atoms with van der Waals surface area (Å²) in [4.78, 5) is 45.4. The molecule has 21 nitrogen and oxygen atoms in total. The molecule has 0 radical (unpaired) electrons. The van der Waals surface area contributed by atoms with Gasteiger partial charge in [0.1, 0.15) is 30.4 Å². The van der Waals surface area contributed by atoms with Gasteiger partial charge in [-0.2, -0.15) is 0 Å². The molecule has 16 N–H and O–H groups in total. The summed E-state index contributed by atoms with van der Waals surface area (Å²) in [5.74, 6) is -3.95. The van der Waals surface area contributed by atoms with Crippen LogP contribution in [0.15, 0.2) is 30.5 Å². The van der Waals surface area contributed by atoms with Gasteiger partial charge in [0.25, 0.3) is 0 Å². The number of carboxylic acid groups (broad SMARTS) is 1. The molecule has 440 valence electrons. The van der Waals surface area contributed by atoms with Crippen molar-refractivity contribution in [1.29, 1.82) is 0 Å². The molecule has 2 bridgehead atoms. The van der Waals surface area contributed by atoms with E-state index in [0.717, 1.165) is 24.4 Å². The Hall–Kier alpha value is -3.58. The molecule has 0 aromatic carbocycles. The van der Waals surface area contributed by atoms with E-state index in [1.165, 1.54) is 5.57 Å². The predicted octanol–water partition coefficient (Wildman–Crippen LogP) is 2.04. The lowest BCUT2D eigenvalue weighted by molar-refractivity contribution is -0.362. The number of hydrogen-bond acceptors (Lipinski definition) is 17. The maximum atomic E-state index is 15.1. The lowest BCUT2D eigenvalue weighted by Gasteiger charge is -2.82. The number of aromatic nitrogens is 4. The fourth-order valence-corrected chi connectivity index (χ4v) is 20.9. The van der Waals surface area contributed by atoms with Crippen LogP contribution in [-0.4, -0.2) is 172 Å². The number of hydrogen-bond donors (Lipinski definition) is 15. The number of carboxylic acids is 1. The van der Waals surface area contributed by atoms with Gasteiger partial charge in [0.15, 0.2) is 6.29 Å². The van der Waals surface area contributed by atoms with Crippen LogP contribution in [0.5, 0.6) is 0 Å². The maximum Gasteiger partial charge on any atom is 0.310 e. The summed E-state index contributed by atoms with van der Waals surface area (Å²) in [6.07, 6.45) is 3.97.